The van der Waals surface area contributed by atoms with Gasteiger partial charge in [-0.2, -0.15) is 0 Å². The van der Waals surface area contributed by atoms with Crippen molar-refractivity contribution in [3.05, 3.63) is 64.2 Å². The molecule has 31 heavy (non-hydrogen) atoms. The second kappa shape index (κ2) is 8.61. The number of carbonyl (C=O) groups is 1. The summed E-state index contributed by atoms with van der Waals surface area (Å²) in [5.41, 5.74) is 4.07. The van der Waals surface area contributed by atoms with Crippen molar-refractivity contribution in [3.63, 3.8) is 0 Å². The molecule has 2 heterocycles. The van der Waals surface area contributed by atoms with Gasteiger partial charge in [-0.25, -0.2) is 11.0 Å². The van der Waals surface area contributed by atoms with Crippen LogP contribution in [0, 0.1) is 12.4 Å². The summed E-state index contributed by atoms with van der Waals surface area (Å²) in [6.07, 6.45) is 1.00. The lowest BCUT2D eigenvalue weighted by atomic mass is 9.82. The molecule has 0 radical (unpaired) electrons. The average molecular weight is 444 g/mol. The number of likely N-dealkylation sites (tertiary alicyclic amines) is 1. The van der Waals surface area contributed by atoms with Gasteiger partial charge in [0.1, 0.15) is 11.6 Å². The number of fused-ring (bicyclic) bond motifs is 1. The highest BCUT2D eigenvalue weighted by atomic mass is 35.5. The van der Waals surface area contributed by atoms with Gasteiger partial charge in [-0.05, 0) is 23.8 Å². The van der Waals surface area contributed by atoms with Crippen molar-refractivity contribution < 1.29 is 13.9 Å². The van der Waals surface area contributed by atoms with Crippen LogP contribution in [0.5, 0.6) is 5.75 Å². The first kappa shape index (κ1) is 21.2. The number of benzene rings is 2. The number of hydrogen-bond acceptors (Lipinski definition) is 5. The van der Waals surface area contributed by atoms with Crippen molar-refractivity contribution >= 4 is 28.9 Å². The minimum absolute atomic E-state index is 0.115. The fraction of sp³-hybridized carbons (Fsp3) is 0.364. The third-order valence-corrected chi connectivity index (χ3v) is 6.25. The van der Waals surface area contributed by atoms with Crippen molar-refractivity contribution in [2.24, 2.45) is 5.84 Å². The van der Waals surface area contributed by atoms with Crippen LogP contribution in [0.15, 0.2) is 36.4 Å². The van der Waals surface area contributed by atoms with Crippen LogP contribution in [0.2, 0.25) is 5.02 Å². The molecule has 2 aliphatic rings. The number of carbonyl (C=O) groups excluding carboxylic acids is 1. The zero-order valence-electron chi connectivity index (χ0n) is 16.8. The zero-order chi connectivity index (χ0) is 22.0. The molecule has 4 rings (SSSR count). The van der Waals surface area contributed by atoms with Crippen LogP contribution in [0.3, 0.4) is 0 Å². The van der Waals surface area contributed by atoms with Crippen LogP contribution >= 0.6 is 11.6 Å². The molecule has 1 unspecified atom stereocenters. The number of nitrogens with zero attached hydrogens (tertiary/aromatic N) is 2. The molecule has 9 heteroatoms. The number of hydrogen-bond donors (Lipinski definition) is 3. The summed E-state index contributed by atoms with van der Waals surface area (Å²) < 4.78 is 19.1. The van der Waals surface area contributed by atoms with Crippen molar-refractivity contribution in [2.45, 2.75) is 30.9 Å². The van der Waals surface area contributed by atoms with E-state index in [9.17, 15) is 9.18 Å². The lowest BCUT2D eigenvalue weighted by molar-refractivity contribution is -0.139. The number of hydrazine groups is 1. The Morgan fingerprint density at radius 2 is 2.06 bits per heavy atom. The van der Waals surface area contributed by atoms with E-state index >= 15 is 0 Å². The van der Waals surface area contributed by atoms with Crippen LogP contribution in [-0.4, -0.2) is 42.1 Å². The summed E-state index contributed by atoms with van der Waals surface area (Å²) in [7, 11) is 0. The molecule has 0 aromatic heterocycles. The SMILES string of the molecule is [C-]#[N+]C1(Cc2ccc(F)cc2)CCN(C(=O)C2CNc3cc(Cl)c(NN)cc3O2)CC1. The highest BCUT2D eigenvalue weighted by Crippen LogP contribution is 2.37. The van der Waals surface area contributed by atoms with E-state index in [0.717, 1.165) is 5.56 Å². The van der Waals surface area contributed by atoms with Crippen LogP contribution in [0.25, 0.3) is 4.85 Å². The minimum Gasteiger partial charge on any atom is -0.476 e. The Balaban J connectivity index is 1.40. The number of anilines is 2. The summed E-state index contributed by atoms with van der Waals surface area (Å²) in [6, 6.07) is 9.62. The first-order valence-electron chi connectivity index (χ1n) is 10.1. The molecule has 2 aromatic rings. The number of nitrogens with one attached hydrogen (secondary N) is 2. The number of nitrogen functional groups attached to an aromatic ring is 1. The largest absolute Gasteiger partial charge is 0.476 e. The van der Waals surface area contributed by atoms with Gasteiger partial charge in [0.15, 0.2) is 6.10 Å². The van der Waals surface area contributed by atoms with Gasteiger partial charge >= 0.3 is 0 Å². The average Bonchev–Trinajstić information content (AvgIpc) is 2.80. The first-order valence-corrected chi connectivity index (χ1v) is 10.4. The molecule has 0 saturated carbocycles. The van der Waals surface area contributed by atoms with Crippen LogP contribution < -0.4 is 21.3 Å². The molecule has 2 aliphatic heterocycles. The summed E-state index contributed by atoms with van der Waals surface area (Å²) in [4.78, 5) is 18.7. The number of halogens is 2. The number of rotatable bonds is 4. The van der Waals surface area contributed by atoms with Crippen LogP contribution in [0.4, 0.5) is 15.8 Å². The van der Waals surface area contributed by atoms with E-state index in [4.69, 9.17) is 28.8 Å². The molecule has 2 aromatic carbocycles. The van der Waals surface area contributed by atoms with Crippen LogP contribution in [0.1, 0.15) is 18.4 Å². The first-order chi connectivity index (χ1) is 14.9. The third-order valence-electron chi connectivity index (χ3n) is 5.94. The van der Waals surface area contributed by atoms with Gasteiger partial charge in [0.2, 0.25) is 5.54 Å². The predicted molar refractivity (Wildman–Crippen MR) is 117 cm³/mol. The molecule has 0 bridgehead atoms. The maximum Gasteiger partial charge on any atom is 0.265 e. The topological polar surface area (TPSA) is 84.0 Å². The van der Waals surface area contributed by atoms with Gasteiger partial charge in [-0.1, -0.05) is 23.7 Å². The van der Waals surface area contributed by atoms with Crippen molar-refractivity contribution in [2.75, 3.05) is 30.4 Å². The summed E-state index contributed by atoms with van der Waals surface area (Å²) in [6.45, 7) is 9.01. The lowest BCUT2D eigenvalue weighted by Crippen LogP contribution is -2.52. The van der Waals surface area contributed by atoms with Gasteiger partial charge in [-0.15, -0.1) is 0 Å². The number of amides is 1. The van der Waals surface area contributed by atoms with Crippen LogP contribution in [-0.2, 0) is 11.2 Å². The van der Waals surface area contributed by atoms with Gasteiger partial charge in [0, 0.05) is 32.0 Å². The molecule has 162 valence electrons. The molecule has 1 amide bonds. The number of piperidine rings is 1. The van der Waals surface area contributed by atoms with E-state index in [2.05, 4.69) is 15.6 Å². The Kier molecular flexibility index (Phi) is 5.90. The summed E-state index contributed by atoms with van der Waals surface area (Å²) in [5, 5.41) is 3.64. The Labute approximate surface area is 185 Å². The standard InChI is InChI=1S/C22H23ClFN5O2/c1-26-22(12-14-2-4-15(24)5-3-14)6-8-29(9-7-22)21(30)20-13-27-18-10-16(23)17(28-25)11-19(18)31-20/h2-5,10-11,20,27-28H,6-9,12-13,25H2. The molecular weight excluding hydrogens is 421 g/mol. The second-order valence-electron chi connectivity index (χ2n) is 7.92. The van der Waals surface area contributed by atoms with Crippen molar-refractivity contribution in [1.29, 1.82) is 0 Å². The Morgan fingerprint density at radius 1 is 1.35 bits per heavy atom. The fourth-order valence-electron chi connectivity index (χ4n) is 4.09. The van der Waals surface area contributed by atoms with E-state index < -0.39 is 11.6 Å². The minimum atomic E-state index is -0.670. The third kappa shape index (κ3) is 4.38. The molecule has 0 spiro atoms. The highest BCUT2D eigenvalue weighted by molar-refractivity contribution is 6.33. The van der Waals surface area contributed by atoms with E-state index in [1.54, 1.807) is 29.2 Å². The quantitative estimate of drug-likeness (QED) is 0.383. The smallest absolute Gasteiger partial charge is 0.265 e. The Hall–Kier alpha value is -3.02. The Bertz CT molecular complexity index is 1020. The summed E-state index contributed by atoms with van der Waals surface area (Å²) >= 11 is 6.13. The Morgan fingerprint density at radius 3 is 2.71 bits per heavy atom. The van der Waals surface area contributed by atoms with Crippen molar-refractivity contribution in [1.82, 2.24) is 4.90 Å². The maximum atomic E-state index is 13.2. The summed E-state index contributed by atoms with van der Waals surface area (Å²) in [5.74, 6) is 5.57. The monoisotopic (exact) mass is 443 g/mol. The van der Waals surface area contributed by atoms with Gasteiger partial charge < -0.3 is 25.2 Å². The molecule has 1 fully saturated rings. The van der Waals surface area contributed by atoms with Gasteiger partial charge in [0.05, 0.1) is 29.4 Å². The number of ether oxygens (including phenoxy) is 1. The van der Waals surface area contributed by atoms with Gasteiger partial charge in [0.25, 0.3) is 5.91 Å². The predicted octanol–water partition coefficient (Wildman–Crippen LogP) is 3.46. The lowest BCUT2D eigenvalue weighted by Gasteiger charge is -2.37. The molecule has 1 atom stereocenters. The van der Waals surface area contributed by atoms with E-state index in [1.807, 2.05) is 0 Å². The maximum absolute atomic E-state index is 13.2. The normalized spacial score (nSPS) is 19.4. The molecule has 7 nitrogen and oxygen atoms in total. The zero-order valence-corrected chi connectivity index (χ0v) is 17.6. The molecule has 1 saturated heterocycles. The molecular formula is C22H23ClFN5O2. The highest BCUT2D eigenvalue weighted by Gasteiger charge is 2.43. The van der Waals surface area contributed by atoms with E-state index in [-0.39, 0.29) is 11.7 Å². The van der Waals surface area contributed by atoms with E-state index in [1.165, 1.54) is 12.1 Å². The fourth-order valence-corrected chi connectivity index (χ4v) is 4.31. The van der Waals surface area contributed by atoms with Gasteiger partial charge in [-0.3, -0.25) is 10.6 Å². The molecule has 0 aliphatic carbocycles. The second-order valence-corrected chi connectivity index (χ2v) is 8.33. The van der Waals surface area contributed by atoms with Crippen molar-refractivity contribution in [3.8, 4) is 5.75 Å². The van der Waals surface area contributed by atoms with E-state index in [0.29, 0.717) is 61.0 Å². The molecule has 4 N–H and O–H groups in total. The number of nitrogens with two attached hydrogens (primary N) is 1.